The van der Waals surface area contributed by atoms with E-state index in [9.17, 15) is 9.59 Å². The average molecular weight is 433 g/mol. The fourth-order valence-electron chi connectivity index (χ4n) is 1.98. The number of amides is 2. The van der Waals surface area contributed by atoms with Crippen molar-refractivity contribution in [3.8, 4) is 5.75 Å². The standard InChI is InChI=1S/C15H16INO4S/c1-20-7-3-6-17-14(18)13(22-15(17)19)9-10-4-5-12(21-2)11(16)8-10/h4-5,8-9H,3,6-7H2,1-2H3/b13-9+. The van der Waals surface area contributed by atoms with Crippen LogP contribution in [0.1, 0.15) is 12.0 Å². The van der Waals surface area contributed by atoms with E-state index in [-0.39, 0.29) is 11.1 Å². The predicted octanol–water partition coefficient (Wildman–Crippen LogP) is 3.37. The highest BCUT2D eigenvalue weighted by atomic mass is 127. The Balaban J connectivity index is 2.14. The van der Waals surface area contributed by atoms with Gasteiger partial charge < -0.3 is 9.47 Å². The Bertz CT molecular complexity index is 618. The van der Waals surface area contributed by atoms with Crippen molar-refractivity contribution in [2.45, 2.75) is 6.42 Å². The maximum Gasteiger partial charge on any atom is 0.293 e. The van der Waals surface area contributed by atoms with Crippen LogP contribution in [0.15, 0.2) is 23.1 Å². The summed E-state index contributed by atoms with van der Waals surface area (Å²) in [5, 5.41) is -0.226. The SMILES string of the molecule is COCCCN1C(=O)S/C(=C/c2ccc(OC)c(I)c2)C1=O. The molecule has 1 aliphatic heterocycles. The van der Waals surface area contributed by atoms with E-state index < -0.39 is 0 Å². The lowest BCUT2D eigenvalue weighted by molar-refractivity contribution is -0.122. The highest BCUT2D eigenvalue weighted by Gasteiger charge is 2.34. The summed E-state index contributed by atoms with van der Waals surface area (Å²) in [5.74, 6) is 0.544. The van der Waals surface area contributed by atoms with Crippen molar-refractivity contribution in [1.29, 1.82) is 0 Å². The monoisotopic (exact) mass is 433 g/mol. The van der Waals surface area contributed by atoms with E-state index in [1.807, 2.05) is 18.2 Å². The molecule has 0 atom stereocenters. The second kappa shape index (κ2) is 7.98. The molecular weight excluding hydrogens is 417 g/mol. The first-order valence-electron chi connectivity index (χ1n) is 6.64. The van der Waals surface area contributed by atoms with Gasteiger partial charge in [-0.05, 0) is 64.5 Å². The maximum absolute atomic E-state index is 12.3. The van der Waals surface area contributed by atoms with Gasteiger partial charge in [-0.25, -0.2) is 0 Å². The molecule has 1 aromatic rings. The number of thioether (sulfide) groups is 1. The van der Waals surface area contributed by atoms with Crippen LogP contribution in [-0.2, 0) is 9.53 Å². The number of hydrogen-bond donors (Lipinski definition) is 0. The molecule has 0 aliphatic carbocycles. The Hall–Kier alpha value is -1.06. The topological polar surface area (TPSA) is 55.8 Å². The number of benzene rings is 1. The number of methoxy groups -OCH3 is 2. The first kappa shape index (κ1) is 17.3. The van der Waals surface area contributed by atoms with Crippen LogP contribution >= 0.6 is 34.4 Å². The maximum atomic E-state index is 12.3. The zero-order valence-corrected chi connectivity index (χ0v) is 15.3. The Morgan fingerprint density at radius 2 is 2.09 bits per heavy atom. The van der Waals surface area contributed by atoms with Crippen LogP contribution in [0.4, 0.5) is 4.79 Å². The molecule has 2 amide bonds. The van der Waals surface area contributed by atoms with Gasteiger partial charge in [-0.15, -0.1) is 0 Å². The molecule has 1 aromatic carbocycles. The summed E-state index contributed by atoms with van der Waals surface area (Å²) in [6, 6.07) is 5.62. The first-order chi connectivity index (χ1) is 10.6. The van der Waals surface area contributed by atoms with Crippen molar-refractivity contribution in [3.05, 3.63) is 32.2 Å². The van der Waals surface area contributed by atoms with Gasteiger partial charge in [-0.1, -0.05) is 6.07 Å². The van der Waals surface area contributed by atoms with E-state index >= 15 is 0 Å². The molecule has 1 heterocycles. The highest BCUT2D eigenvalue weighted by Crippen LogP contribution is 2.33. The normalized spacial score (nSPS) is 16.7. The number of rotatable bonds is 6. The van der Waals surface area contributed by atoms with Gasteiger partial charge in [-0.2, -0.15) is 0 Å². The summed E-state index contributed by atoms with van der Waals surface area (Å²) in [6.07, 6.45) is 2.38. The number of nitrogens with zero attached hydrogens (tertiary/aromatic N) is 1. The number of imide groups is 1. The quantitative estimate of drug-likeness (QED) is 0.391. The van der Waals surface area contributed by atoms with E-state index in [2.05, 4.69) is 22.6 Å². The largest absolute Gasteiger partial charge is 0.496 e. The fraction of sp³-hybridized carbons (Fsp3) is 0.333. The third-order valence-electron chi connectivity index (χ3n) is 3.08. The molecule has 7 heteroatoms. The summed E-state index contributed by atoms with van der Waals surface area (Å²) < 4.78 is 11.1. The molecule has 22 heavy (non-hydrogen) atoms. The minimum atomic E-state index is -0.239. The summed E-state index contributed by atoms with van der Waals surface area (Å²) in [6.45, 7) is 0.910. The van der Waals surface area contributed by atoms with Gasteiger partial charge in [0.1, 0.15) is 5.75 Å². The molecule has 0 unspecified atom stereocenters. The molecule has 0 bridgehead atoms. The molecule has 118 valence electrons. The van der Waals surface area contributed by atoms with Crippen LogP contribution < -0.4 is 4.74 Å². The number of carbonyl (C=O) groups is 2. The van der Waals surface area contributed by atoms with Gasteiger partial charge in [0.05, 0.1) is 15.6 Å². The molecule has 0 spiro atoms. The number of hydrogen-bond acceptors (Lipinski definition) is 5. The van der Waals surface area contributed by atoms with E-state index in [0.29, 0.717) is 24.5 Å². The minimum absolute atomic E-state index is 0.226. The molecule has 5 nitrogen and oxygen atoms in total. The Labute approximate surface area is 147 Å². The van der Waals surface area contributed by atoms with Gasteiger partial charge in [0.15, 0.2) is 0 Å². The molecule has 0 N–H and O–H groups in total. The zero-order chi connectivity index (χ0) is 16.1. The first-order valence-corrected chi connectivity index (χ1v) is 8.54. The van der Waals surface area contributed by atoms with Crippen LogP contribution in [0, 0.1) is 3.57 Å². The second-order valence-electron chi connectivity index (χ2n) is 4.57. The summed E-state index contributed by atoms with van der Waals surface area (Å²) >= 11 is 3.15. The van der Waals surface area contributed by atoms with Gasteiger partial charge >= 0.3 is 0 Å². The van der Waals surface area contributed by atoms with Crippen molar-refractivity contribution in [2.75, 3.05) is 27.4 Å². The van der Waals surface area contributed by atoms with Crippen molar-refractivity contribution < 1.29 is 19.1 Å². The molecule has 1 saturated heterocycles. The summed E-state index contributed by atoms with van der Waals surface area (Å²) in [5.41, 5.74) is 0.868. The van der Waals surface area contributed by atoms with E-state index in [1.165, 1.54) is 4.90 Å². The van der Waals surface area contributed by atoms with Gasteiger partial charge in [0, 0.05) is 20.3 Å². The molecule has 0 aromatic heterocycles. The van der Waals surface area contributed by atoms with Crippen molar-refractivity contribution in [1.82, 2.24) is 4.90 Å². The van der Waals surface area contributed by atoms with Crippen LogP contribution in [0.2, 0.25) is 0 Å². The van der Waals surface area contributed by atoms with E-state index in [0.717, 1.165) is 26.6 Å². The van der Waals surface area contributed by atoms with Crippen molar-refractivity contribution in [2.24, 2.45) is 0 Å². The van der Waals surface area contributed by atoms with E-state index in [4.69, 9.17) is 9.47 Å². The number of ether oxygens (including phenoxy) is 2. The van der Waals surface area contributed by atoms with Crippen molar-refractivity contribution >= 4 is 51.6 Å². The second-order valence-corrected chi connectivity index (χ2v) is 6.73. The fourth-order valence-corrected chi connectivity index (χ4v) is 3.61. The third kappa shape index (κ3) is 4.02. The highest BCUT2D eigenvalue weighted by molar-refractivity contribution is 14.1. The lowest BCUT2D eigenvalue weighted by Crippen LogP contribution is -2.29. The predicted molar refractivity (Wildman–Crippen MR) is 94.9 cm³/mol. The van der Waals surface area contributed by atoms with Gasteiger partial charge in [0.25, 0.3) is 11.1 Å². The third-order valence-corrected chi connectivity index (χ3v) is 4.83. The van der Waals surface area contributed by atoms with Crippen LogP contribution in [0.25, 0.3) is 6.08 Å². The smallest absolute Gasteiger partial charge is 0.293 e. The molecular formula is C15H16INO4S. The lowest BCUT2D eigenvalue weighted by atomic mass is 10.2. The molecule has 0 saturated carbocycles. The van der Waals surface area contributed by atoms with Gasteiger partial charge in [-0.3, -0.25) is 14.5 Å². The van der Waals surface area contributed by atoms with E-state index in [1.54, 1.807) is 20.3 Å². The summed E-state index contributed by atoms with van der Waals surface area (Å²) in [4.78, 5) is 25.9. The molecule has 0 radical (unpaired) electrons. The van der Waals surface area contributed by atoms with Crippen LogP contribution in [0.3, 0.4) is 0 Å². The lowest BCUT2D eigenvalue weighted by Gasteiger charge is -2.11. The minimum Gasteiger partial charge on any atom is -0.496 e. The number of carbonyl (C=O) groups excluding carboxylic acids is 2. The zero-order valence-electron chi connectivity index (χ0n) is 12.3. The molecule has 2 rings (SSSR count). The molecule has 1 aliphatic rings. The van der Waals surface area contributed by atoms with Crippen molar-refractivity contribution in [3.63, 3.8) is 0 Å². The Kier molecular flexibility index (Phi) is 6.27. The van der Waals surface area contributed by atoms with Gasteiger partial charge in [0.2, 0.25) is 0 Å². The summed E-state index contributed by atoms with van der Waals surface area (Å²) in [7, 11) is 3.21. The average Bonchev–Trinajstić information content (AvgIpc) is 2.75. The number of halogens is 1. The van der Waals surface area contributed by atoms with Crippen LogP contribution in [0.5, 0.6) is 5.75 Å². The molecule has 1 fully saturated rings. The Morgan fingerprint density at radius 1 is 1.32 bits per heavy atom. The Morgan fingerprint density at radius 3 is 2.73 bits per heavy atom. The van der Waals surface area contributed by atoms with Crippen LogP contribution in [-0.4, -0.2) is 43.4 Å².